The van der Waals surface area contributed by atoms with Crippen molar-refractivity contribution >= 4 is 5.97 Å². The molecule has 4 aliphatic rings. The van der Waals surface area contributed by atoms with E-state index in [2.05, 4.69) is 12.2 Å². The molecule has 4 nitrogen and oxygen atoms in total. The van der Waals surface area contributed by atoms with Gasteiger partial charge in [0.15, 0.2) is 5.60 Å². The summed E-state index contributed by atoms with van der Waals surface area (Å²) in [4.78, 5) is 12.1. The predicted octanol–water partition coefficient (Wildman–Crippen LogP) is 4.47. The smallest absolute Gasteiger partial charge is 0.303 e. The molecule has 0 N–H and O–H groups in total. The zero-order chi connectivity index (χ0) is 18.4. The molecule has 4 heteroatoms. The summed E-state index contributed by atoms with van der Waals surface area (Å²) in [6.07, 6.45) is 11.3. The summed E-state index contributed by atoms with van der Waals surface area (Å²) in [5.74, 6) is 1.12. The highest BCUT2D eigenvalue weighted by Gasteiger charge is 2.75. The zero-order valence-electron chi connectivity index (χ0n) is 16.2. The normalized spacial score (nSPS) is 34.8. The van der Waals surface area contributed by atoms with Crippen LogP contribution in [0.2, 0.25) is 0 Å². The van der Waals surface area contributed by atoms with Crippen LogP contribution in [-0.4, -0.2) is 31.4 Å². The number of carbonyl (C=O) groups is 1. The summed E-state index contributed by atoms with van der Waals surface area (Å²) in [5, 5.41) is 0. The summed E-state index contributed by atoms with van der Waals surface area (Å²) in [6, 6.07) is 0. The number of rotatable bonds is 7. The third kappa shape index (κ3) is 2.20. The van der Waals surface area contributed by atoms with Crippen molar-refractivity contribution < 1.29 is 19.0 Å². The molecule has 0 saturated heterocycles. The lowest BCUT2D eigenvalue weighted by Crippen LogP contribution is -2.60. The van der Waals surface area contributed by atoms with E-state index in [1.807, 2.05) is 13.8 Å². The Morgan fingerprint density at radius 1 is 1.27 bits per heavy atom. The average molecular weight is 358 g/mol. The number of esters is 1. The second kappa shape index (κ2) is 6.56. The third-order valence-electron chi connectivity index (χ3n) is 6.64. The molecular formula is C22H30O4. The maximum absolute atomic E-state index is 12.1. The molecule has 3 atom stereocenters. The fourth-order valence-electron chi connectivity index (χ4n) is 5.98. The van der Waals surface area contributed by atoms with Crippen LogP contribution in [0.5, 0.6) is 0 Å². The van der Waals surface area contributed by atoms with Gasteiger partial charge in [0.1, 0.15) is 5.76 Å². The van der Waals surface area contributed by atoms with Crippen molar-refractivity contribution in [2.75, 3.05) is 19.8 Å². The highest BCUT2D eigenvalue weighted by Crippen LogP contribution is 2.74. The molecule has 1 fully saturated rings. The summed E-state index contributed by atoms with van der Waals surface area (Å²) >= 11 is 0. The minimum Gasteiger partial charge on any atom is -0.498 e. The van der Waals surface area contributed by atoms with Gasteiger partial charge in [-0.3, -0.25) is 4.79 Å². The SMILES string of the molecule is CCOCC1=C(C2=CCCC2)[C@@]23CCC[C@@H]2C(OCC)=C[C@@]13OC(C)=O. The van der Waals surface area contributed by atoms with Gasteiger partial charge >= 0.3 is 5.97 Å². The van der Waals surface area contributed by atoms with Gasteiger partial charge in [0, 0.05) is 31.1 Å². The first kappa shape index (κ1) is 17.8. The van der Waals surface area contributed by atoms with Crippen molar-refractivity contribution in [3.05, 3.63) is 34.6 Å². The van der Waals surface area contributed by atoms with E-state index >= 15 is 0 Å². The summed E-state index contributed by atoms with van der Waals surface area (Å²) in [6.45, 7) is 7.38. The Labute approximate surface area is 156 Å². The quantitative estimate of drug-likeness (QED) is 0.630. The molecule has 4 aliphatic carbocycles. The topological polar surface area (TPSA) is 44.8 Å². The fraction of sp³-hybridized carbons (Fsp3) is 0.682. The van der Waals surface area contributed by atoms with E-state index in [4.69, 9.17) is 14.2 Å². The molecule has 26 heavy (non-hydrogen) atoms. The summed E-state index contributed by atoms with van der Waals surface area (Å²) < 4.78 is 18.0. The van der Waals surface area contributed by atoms with Crippen LogP contribution in [0.1, 0.15) is 59.3 Å². The molecule has 0 bridgehead atoms. The van der Waals surface area contributed by atoms with Gasteiger partial charge < -0.3 is 14.2 Å². The Balaban J connectivity index is 1.87. The van der Waals surface area contributed by atoms with E-state index in [0.717, 1.165) is 43.4 Å². The summed E-state index contributed by atoms with van der Waals surface area (Å²) in [5.41, 5.74) is 3.24. The van der Waals surface area contributed by atoms with Crippen LogP contribution in [0.15, 0.2) is 34.6 Å². The molecule has 0 aromatic rings. The van der Waals surface area contributed by atoms with Gasteiger partial charge in [0.05, 0.1) is 18.6 Å². The minimum absolute atomic E-state index is 0.133. The van der Waals surface area contributed by atoms with Crippen LogP contribution in [0.4, 0.5) is 0 Å². The van der Waals surface area contributed by atoms with Gasteiger partial charge in [-0.05, 0) is 57.1 Å². The Morgan fingerprint density at radius 3 is 2.77 bits per heavy atom. The molecule has 1 saturated carbocycles. The maximum Gasteiger partial charge on any atom is 0.303 e. The number of hydrogen-bond donors (Lipinski definition) is 0. The highest BCUT2D eigenvalue weighted by atomic mass is 16.6. The molecule has 0 amide bonds. The van der Waals surface area contributed by atoms with Crippen molar-refractivity contribution in [1.29, 1.82) is 0 Å². The number of carbonyl (C=O) groups excluding carboxylic acids is 1. The Kier molecular flexibility index (Phi) is 4.50. The Morgan fingerprint density at radius 2 is 2.12 bits per heavy atom. The second-order valence-corrected chi connectivity index (χ2v) is 7.84. The van der Waals surface area contributed by atoms with E-state index in [-0.39, 0.29) is 11.4 Å². The standard InChI is InChI=1S/C22H30O4/c1-4-24-14-18-20(16-9-6-7-10-16)21-12-8-11-17(21)19(25-5-2)13-22(18,21)26-15(3)23/h9,13,17H,4-8,10-12,14H2,1-3H3/t17-,21-,22-/m1/s1. The molecule has 0 unspecified atom stereocenters. The van der Waals surface area contributed by atoms with E-state index < -0.39 is 5.60 Å². The molecule has 0 aliphatic heterocycles. The van der Waals surface area contributed by atoms with Gasteiger partial charge in [-0.2, -0.15) is 0 Å². The molecule has 0 aromatic heterocycles. The molecule has 4 rings (SSSR count). The van der Waals surface area contributed by atoms with Crippen molar-refractivity contribution in [3.63, 3.8) is 0 Å². The van der Waals surface area contributed by atoms with Crippen molar-refractivity contribution in [3.8, 4) is 0 Å². The highest BCUT2D eigenvalue weighted by molar-refractivity contribution is 5.73. The van der Waals surface area contributed by atoms with Crippen LogP contribution in [0.3, 0.4) is 0 Å². The van der Waals surface area contributed by atoms with Crippen molar-refractivity contribution in [1.82, 2.24) is 0 Å². The Bertz CT molecular complexity index is 701. The lowest BCUT2D eigenvalue weighted by Gasteiger charge is -2.57. The fourth-order valence-corrected chi connectivity index (χ4v) is 5.98. The number of ether oxygens (including phenoxy) is 3. The van der Waals surface area contributed by atoms with E-state index in [0.29, 0.717) is 25.7 Å². The van der Waals surface area contributed by atoms with E-state index in [9.17, 15) is 4.79 Å². The monoisotopic (exact) mass is 358 g/mol. The molecular weight excluding hydrogens is 328 g/mol. The second-order valence-electron chi connectivity index (χ2n) is 7.84. The van der Waals surface area contributed by atoms with Crippen molar-refractivity contribution in [2.45, 2.75) is 64.9 Å². The molecule has 142 valence electrons. The first-order valence-electron chi connectivity index (χ1n) is 10.2. The first-order valence-corrected chi connectivity index (χ1v) is 10.2. The maximum atomic E-state index is 12.1. The van der Waals surface area contributed by atoms with Gasteiger partial charge in [-0.1, -0.05) is 12.5 Å². The van der Waals surface area contributed by atoms with Crippen LogP contribution in [-0.2, 0) is 19.0 Å². The first-order chi connectivity index (χ1) is 12.6. The number of allylic oxidation sites excluding steroid dienone is 3. The van der Waals surface area contributed by atoms with Crippen LogP contribution < -0.4 is 0 Å². The van der Waals surface area contributed by atoms with Gasteiger partial charge in [0.2, 0.25) is 0 Å². The molecule has 0 heterocycles. The van der Waals surface area contributed by atoms with Gasteiger partial charge in [-0.25, -0.2) is 0 Å². The molecule has 1 spiro atoms. The van der Waals surface area contributed by atoms with Crippen molar-refractivity contribution in [2.24, 2.45) is 11.3 Å². The van der Waals surface area contributed by atoms with Gasteiger partial charge in [-0.15, -0.1) is 0 Å². The third-order valence-corrected chi connectivity index (χ3v) is 6.64. The summed E-state index contributed by atoms with van der Waals surface area (Å²) in [7, 11) is 0. The minimum atomic E-state index is -0.668. The Hall–Kier alpha value is -1.55. The van der Waals surface area contributed by atoms with Crippen LogP contribution in [0, 0.1) is 11.3 Å². The van der Waals surface area contributed by atoms with Crippen LogP contribution >= 0.6 is 0 Å². The largest absolute Gasteiger partial charge is 0.498 e. The van der Waals surface area contributed by atoms with Gasteiger partial charge in [0.25, 0.3) is 0 Å². The predicted molar refractivity (Wildman–Crippen MR) is 99.4 cm³/mol. The van der Waals surface area contributed by atoms with E-state index in [1.54, 1.807) is 0 Å². The van der Waals surface area contributed by atoms with Crippen LogP contribution in [0.25, 0.3) is 0 Å². The zero-order valence-corrected chi connectivity index (χ0v) is 16.2. The number of hydrogen-bond acceptors (Lipinski definition) is 4. The lowest BCUT2D eigenvalue weighted by atomic mass is 9.50. The molecule has 0 radical (unpaired) electrons. The lowest BCUT2D eigenvalue weighted by molar-refractivity contribution is -0.163. The average Bonchev–Trinajstić information content (AvgIpc) is 3.30. The molecule has 0 aromatic carbocycles. The van der Waals surface area contributed by atoms with E-state index in [1.165, 1.54) is 24.5 Å².